The Labute approximate surface area is 126 Å². The molecule has 0 saturated carbocycles. The summed E-state index contributed by atoms with van der Waals surface area (Å²) in [6.07, 6.45) is 4.49. The van der Waals surface area contributed by atoms with Gasteiger partial charge in [-0.05, 0) is 47.7 Å². The molecule has 3 nitrogen and oxygen atoms in total. The molecule has 0 bridgehead atoms. The molecule has 0 aliphatic heterocycles. The minimum atomic E-state index is 0.0532. The molecule has 3 heteroatoms. The summed E-state index contributed by atoms with van der Waals surface area (Å²) in [7, 11) is 1.83. The molecule has 0 atom stereocenters. The van der Waals surface area contributed by atoms with Crippen molar-refractivity contribution >= 4 is 5.91 Å². The molecular formula is C18H22N2O. The molecule has 0 radical (unpaired) electrons. The van der Waals surface area contributed by atoms with Crippen LogP contribution in [-0.4, -0.2) is 22.8 Å². The number of hydrogen-bond acceptors (Lipinski definition) is 2. The van der Waals surface area contributed by atoms with Crippen molar-refractivity contribution in [1.29, 1.82) is 0 Å². The summed E-state index contributed by atoms with van der Waals surface area (Å²) in [4.78, 5) is 18.2. The number of carbonyl (C=O) groups is 1. The minimum Gasteiger partial charge on any atom is -0.337 e. The largest absolute Gasteiger partial charge is 0.337 e. The smallest absolute Gasteiger partial charge is 0.253 e. The summed E-state index contributed by atoms with van der Waals surface area (Å²) in [5, 5.41) is 0. The van der Waals surface area contributed by atoms with Crippen molar-refractivity contribution < 1.29 is 4.79 Å². The van der Waals surface area contributed by atoms with Gasteiger partial charge < -0.3 is 4.90 Å². The van der Waals surface area contributed by atoms with Crippen LogP contribution in [0.3, 0.4) is 0 Å². The van der Waals surface area contributed by atoms with E-state index in [0.29, 0.717) is 12.5 Å². The van der Waals surface area contributed by atoms with E-state index in [4.69, 9.17) is 0 Å². The van der Waals surface area contributed by atoms with Crippen LogP contribution in [0.25, 0.3) is 0 Å². The number of nitrogens with zero attached hydrogens (tertiary/aromatic N) is 2. The third-order valence-corrected chi connectivity index (χ3v) is 3.33. The second-order valence-corrected chi connectivity index (χ2v) is 5.82. The van der Waals surface area contributed by atoms with E-state index in [1.165, 1.54) is 5.56 Å². The molecule has 1 aromatic heterocycles. The fourth-order valence-corrected chi connectivity index (χ4v) is 2.36. The fourth-order valence-electron chi connectivity index (χ4n) is 2.36. The predicted molar refractivity (Wildman–Crippen MR) is 85.0 cm³/mol. The Kier molecular flexibility index (Phi) is 5.09. The van der Waals surface area contributed by atoms with Crippen molar-refractivity contribution in [3.8, 4) is 0 Å². The van der Waals surface area contributed by atoms with Gasteiger partial charge in [-0.1, -0.05) is 26.0 Å². The Bertz CT molecular complexity index is 593. The second kappa shape index (κ2) is 7.02. The van der Waals surface area contributed by atoms with E-state index in [1.807, 2.05) is 37.4 Å². The minimum absolute atomic E-state index is 0.0532. The summed E-state index contributed by atoms with van der Waals surface area (Å²) < 4.78 is 0. The summed E-state index contributed by atoms with van der Waals surface area (Å²) in [5.41, 5.74) is 3.05. The van der Waals surface area contributed by atoms with E-state index in [1.54, 1.807) is 17.3 Å². The van der Waals surface area contributed by atoms with Crippen molar-refractivity contribution in [2.45, 2.75) is 26.8 Å². The van der Waals surface area contributed by atoms with Crippen LogP contribution in [0.2, 0.25) is 0 Å². The standard InChI is InChI=1S/C18H22N2O/c1-14(2)11-16-5-4-6-17(12-16)18(21)20(3)13-15-7-9-19-10-8-15/h4-10,12,14H,11,13H2,1-3H3. The quantitative estimate of drug-likeness (QED) is 0.840. The highest BCUT2D eigenvalue weighted by atomic mass is 16.2. The van der Waals surface area contributed by atoms with Crippen LogP contribution < -0.4 is 0 Å². The molecule has 21 heavy (non-hydrogen) atoms. The molecule has 1 aromatic carbocycles. The van der Waals surface area contributed by atoms with E-state index in [-0.39, 0.29) is 5.91 Å². The first kappa shape index (κ1) is 15.2. The van der Waals surface area contributed by atoms with Gasteiger partial charge in [0.2, 0.25) is 0 Å². The Morgan fingerprint density at radius 3 is 2.52 bits per heavy atom. The maximum absolute atomic E-state index is 12.5. The maximum Gasteiger partial charge on any atom is 0.253 e. The molecule has 0 spiro atoms. The average Bonchev–Trinajstić information content (AvgIpc) is 2.47. The zero-order valence-electron chi connectivity index (χ0n) is 12.9. The average molecular weight is 282 g/mol. The van der Waals surface area contributed by atoms with Gasteiger partial charge in [0.1, 0.15) is 0 Å². The van der Waals surface area contributed by atoms with Gasteiger partial charge >= 0.3 is 0 Å². The molecule has 110 valence electrons. The van der Waals surface area contributed by atoms with Crippen LogP contribution in [0.4, 0.5) is 0 Å². The first-order valence-corrected chi connectivity index (χ1v) is 7.29. The van der Waals surface area contributed by atoms with Crippen molar-refractivity contribution in [3.05, 3.63) is 65.5 Å². The van der Waals surface area contributed by atoms with Crippen LogP contribution >= 0.6 is 0 Å². The zero-order valence-corrected chi connectivity index (χ0v) is 12.9. The fraction of sp³-hybridized carbons (Fsp3) is 0.333. The normalized spacial score (nSPS) is 10.7. The molecule has 0 aliphatic carbocycles. The van der Waals surface area contributed by atoms with Crippen LogP contribution in [0.5, 0.6) is 0 Å². The number of hydrogen-bond donors (Lipinski definition) is 0. The highest BCUT2D eigenvalue weighted by Crippen LogP contribution is 2.13. The highest BCUT2D eigenvalue weighted by Gasteiger charge is 2.12. The lowest BCUT2D eigenvalue weighted by Crippen LogP contribution is -2.26. The zero-order chi connectivity index (χ0) is 15.2. The summed E-state index contributed by atoms with van der Waals surface area (Å²) in [5.74, 6) is 0.641. The number of benzene rings is 1. The van der Waals surface area contributed by atoms with E-state index < -0.39 is 0 Å². The lowest BCUT2D eigenvalue weighted by Gasteiger charge is -2.18. The lowest BCUT2D eigenvalue weighted by atomic mass is 10.0. The van der Waals surface area contributed by atoms with Gasteiger partial charge in [-0.3, -0.25) is 9.78 Å². The van der Waals surface area contributed by atoms with Crippen molar-refractivity contribution in [2.75, 3.05) is 7.05 Å². The van der Waals surface area contributed by atoms with E-state index in [9.17, 15) is 4.79 Å². The van der Waals surface area contributed by atoms with Crippen molar-refractivity contribution in [1.82, 2.24) is 9.88 Å². The van der Waals surface area contributed by atoms with E-state index in [0.717, 1.165) is 17.5 Å². The Hall–Kier alpha value is -2.16. The Balaban J connectivity index is 2.08. The van der Waals surface area contributed by atoms with Gasteiger partial charge in [0, 0.05) is 31.5 Å². The monoisotopic (exact) mass is 282 g/mol. The van der Waals surface area contributed by atoms with Gasteiger partial charge in [-0.15, -0.1) is 0 Å². The molecule has 0 N–H and O–H groups in total. The van der Waals surface area contributed by atoms with Crippen LogP contribution in [0.1, 0.15) is 35.3 Å². The SMILES string of the molecule is CC(C)Cc1cccc(C(=O)N(C)Cc2ccncc2)c1. The molecule has 2 aromatic rings. The molecule has 0 aliphatic rings. The maximum atomic E-state index is 12.5. The molecule has 0 unspecified atom stereocenters. The number of amides is 1. The van der Waals surface area contributed by atoms with Gasteiger partial charge in [0.15, 0.2) is 0 Å². The Morgan fingerprint density at radius 2 is 1.86 bits per heavy atom. The van der Waals surface area contributed by atoms with Gasteiger partial charge in [0.05, 0.1) is 0 Å². The summed E-state index contributed by atoms with van der Waals surface area (Å²) in [6, 6.07) is 11.8. The third-order valence-electron chi connectivity index (χ3n) is 3.33. The topological polar surface area (TPSA) is 33.2 Å². The third kappa shape index (κ3) is 4.42. The van der Waals surface area contributed by atoms with Crippen LogP contribution in [0.15, 0.2) is 48.8 Å². The number of aromatic nitrogens is 1. The van der Waals surface area contributed by atoms with E-state index >= 15 is 0 Å². The van der Waals surface area contributed by atoms with E-state index in [2.05, 4.69) is 24.9 Å². The van der Waals surface area contributed by atoms with Crippen molar-refractivity contribution in [3.63, 3.8) is 0 Å². The molecule has 2 rings (SSSR count). The molecule has 1 amide bonds. The Morgan fingerprint density at radius 1 is 1.14 bits per heavy atom. The summed E-state index contributed by atoms with van der Waals surface area (Å²) >= 11 is 0. The van der Waals surface area contributed by atoms with Gasteiger partial charge in [0.25, 0.3) is 5.91 Å². The predicted octanol–water partition coefficient (Wildman–Crippen LogP) is 3.55. The number of pyridine rings is 1. The second-order valence-electron chi connectivity index (χ2n) is 5.82. The van der Waals surface area contributed by atoms with Gasteiger partial charge in [-0.2, -0.15) is 0 Å². The van der Waals surface area contributed by atoms with Crippen molar-refractivity contribution in [2.24, 2.45) is 5.92 Å². The number of rotatable bonds is 5. The number of carbonyl (C=O) groups excluding carboxylic acids is 1. The summed E-state index contributed by atoms with van der Waals surface area (Å²) in [6.45, 7) is 4.96. The first-order valence-electron chi connectivity index (χ1n) is 7.29. The molecule has 0 saturated heterocycles. The lowest BCUT2D eigenvalue weighted by molar-refractivity contribution is 0.0785. The first-order chi connectivity index (χ1) is 10.1. The molecule has 0 fully saturated rings. The highest BCUT2D eigenvalue weighted by molar-refractivity contribution is 5.94. The molecular weight excluding hydrogens is 260 g/mol. The van der Waals surface area contributed by atoms with Crippen LogP contribution in [0, 0.1) is 5.92 Å². The molecule has 1 heterocycles. The van der Waals surface area contributed by atoms with Gasteiger partial charge in [-0.25, -0.2) is 0 Å². The van der Waals surface area contributed by atoms with Crippen LogP contribution in [-0.2, 0) is 13.0 Å².